The first-order valence-corrected chi connectivity index (χ1v) is 12.8. The summed E-state index contributed by atoms with van der Waals surface area (Å²) in [4.78, 5) is 30.5. The van der Waals surface area contributed by atoms with Crippen LogP contribution >= 0.6 is 11.3 Å². The Hall–Kier alpha value is -1.82. The van der Waals surface area contributed by atoms with Crippen molar-refractivity contribution in [2.24, 2.45) is 11.8 Å². The molecule has 2 aliphatic rings. The molecule has 1 aliphatic carbocycles. The normalized spacial score (nSPS) is 26.5. The van der Waals surface area contributed by atoms with E-state index in [0.29, 0.717) is 19.0 Å². The number of thiophene rings is 1. The molecule has 170 valence electrons. The SMILES string of the molecule is CCc1cc2c(cc3n2C[C@@](C)(C(=O)NC2CCC(C)CC2)N(CCC(C)C)C3=O)s1. The summed E-state index contributed by atoms with van der Waals surface area (Å²) in [6.45, 7) is 11.9. The number of hydrogen-bond acceptors (Lipinski definition) is 3. The summed E-state index contributed by atoms with van der Waals surface area (Å²) in [7, 11) is 0. The molecule has 4 rings (SSSR count). The van der Waals surface area contributed by atoms with E-state index in [1.54, 1.807) is 11.3 Å². The highest BCUT2D eigenvalue weighted by Crippen LogP contribution is 2.36. The average Bonchev–Trinajstić information content (AvgIpc) is 3.28. The molecular formula is C25H37N3O2S. The van der Waals surface area contributed by atoms with Gasteiger partial charge in [0.05, 0.1) is 16.8 Å². The van der Waals surface area contributed by atoms with Gasteiger partial charge in [-0.3, -0.25) is 9.59 Å². The fourth-order valence-corrected chi connectivity index (χ4v) is 6.09. The third-order valence-electron chi connectivity index (χ3n) is 7.29. The van der Waals surface area contributed by atoms with E-state index in [9.17, 15) is 9.59 Å². The minimum atomic E-state index is -0.873. The van der Waals surface area contributed by atoms with Gasteiger partial charge in [-0.05, 0) is 69.4 Å². The Balaban J connectivity index is 1.67. The number of nitrogens with one attached hydrogen (secondary N) is 1. The van der Waals surface area contributed by atoms with Gasteiger partial charge >= 0.3 is 0 Å². The highest BCUT2D eigenvalue weighted by atomic mass is 32.1. The number of rotatable bonds is 6. The van der Waals surface area contributed by atoms with Crippen molar-refractivity contribution in [3.05, 3.63) is 22.7 Å². The first-order chi connectivity index (χ1) is 14.7. The molecule has 2 aromatic rings. The van der Waals surface area contributed by atoms with E-state index in [1.807, 2.05) is 17.9 Å². The Morgan fingerprint density at radius 3 is 2.61 bits per heavy atom. The lowest BCUT2D eigenvalue weighted by Crippen LogP contribution is -2.65. The Morgan fingerprint density at radius 2 is 1.97 bits per heavy atom. The topological polar surface area (TPSA) is 54.3 Å². The van der Waals surface area contributed by atoms with Crippen LogP contribution < -0.4 is 5.32 Å². The van der Waals surface area contributed by atoms with Gasteiger partial charge in [-0.2, -0.15) is 0 Å². The van der Waals surface area contributed by atoms with Gasteiger partial charge in [0, 0.05) is 17.5 Å². The Bertz CT molecular complexity index is 967. The quantitative estimate of drug-likeness (QED) is 0.665. The summed E-state index contributed by atoms with van der Waals surface area (Å²) in [5.41, 5.74) is 0.950. The van der Waals surface area contributed by atoms with Crippen LogP contribution in [0.15, 0.2) is 12.1 Å². The molecule has 1 aliphatic heterocycles. The maximum Gasteiger partial charge on any atom is 0.271 e. The molecule has 0 unspecified atom stereocenters. The molecule has 2 amide bonds. The number of aryl methyl sites for hydroxylation is 1. The molecule has 31 heavy (non-hydrogen) atoms. The first kappa shape index (κ1) is 22.4. The van der Waals surface area contributed by atoms with E-state index in [1.165, 1.54) is 4.88 Å². The van der Waals surface area contributed by atoms with Crippen molar-refractivity contribution in [3.63, 3.8) is 0 Å². The third kappa shape index (κ3) is 4.15. The Kier molecular flexibility index (Phi) is 6.21. The van der Waals surface area contributed by atoms with Crippen molar-refractivity contribution in [3.8, 4) is 0 Å². The van der Waals surface area contributed by atoms with E-state index in [2.05, 4.69) is 43.6 Å². The van der Waals surface area contributed by atoms with Crippen molar-refractivity contribution < 1.29 is 9.59 Å². The van der Waals surface area contributed by atoms with Gasteiger partial charge in [0.15, 0.2) is 0 Å². The number of hydrogen-bond donors (Lipinski definition) is 1. The fraction of sp³-hybridized carbons (Fsp3) is 0.680. The van der Waals surface area contributed by atoms with Gasteiger partial charge in [0.1, 0.15) is 11.2 Å². The maximum absolute atomic E-state index is 13.7. The summed E-state index contributed by atoms with van der Waals surface area (Å²) in [5, 5.41) is 3.33. The second-order valence-corrected chi connectivity index (χ2v) is 11.4. The van der Waals surface area contributed by atoms with Gasteiger partial charge in [-0.1, -0.05) is 27.7 Å². The Morgan fingerprint density at radius 1 is 1.26 bits per heavy atom. The first-order valence-electron chi connectivity index (χ1n) is 12.0. The van der Waals surface area contributed by atoms with Crippen molar-refractivity contribution in [1.82, 2.24) is 14.8 Å². The lowest BCUT2D eigenvalue weighted by molar-refractivity contribution is -0.134. The minimum absolute atomic E-state index is 0.00241. The molecule has 6 heteroatoms. The number of carbonyl (C=O) groups is 2. The van der Waals surface area contributed by atoms with E-state index < -0.39 is 5.54 Å². The van der Waals surface area contributed by atoms with E-state index in [4.69, 9.17) is 0 Å². The summed E-state index contributed by atoms with van der Waals surface area (Å²) >= 11 is 1.76. The van der Waals surface area contributed by atoms with Crippen molar-refractivity contribution in [2.75, 3.05) is 6.54 Å². The van der Waals surface area contributed by atoms with Crippen LogP contribution in [0.3, 0.4) is 0 Å². The smallest absolute Gasteiger partial charge is 0.271 e. The number of nitrogens with zero attached hydrogens (tertiary/aromatic N) is 2. The molecular weight excluding hydrogens is 406 g/mol. The molecule has 5 nitrogen and oxygen atoms in total. The highest BCUT2D eigenvalue weighted by molar-refractivity contribution is 7.19. The van der Waals surface area contributed by atoms with Gasteiger partial charge < -0.3 is 14.8 Å². The van der Waals surface area contributed by atoms with Gasteiger partial charge in [-0.15, -0.1) is 11.3 Å². The number of carbonyl (C=O) groups excluding carboxylic acids is 2. The molecule has 2 aromatic heterocycles. The largest absolute Gasteiger partial charge is 0.351 e. The zero-order valence-corrected chi connectivity index (χ0v) is 20.5. The molecule has 3 heterocycles. The molecule has 1 atom stereocenters. The number of amides is 2. The lowest BCUT2D eigenvalue weighted by atomic mass is 9.86. The van der Waals surface area contributed by atoms with Crippen molar-refractivity contribution in [1.29, 1.82) is 0 Å². The highest BCUT2D eigenvalue weighted by Gasteiger charge is 2.48. The van der Waals surface area contributed by atoms with Crippen molar-refractivity contribution in [2.45, 2.75) is 91.3 Å². The van der Waals surface area contributed by atoms with Crippen LogP contribution in [-0.4, -0.2) is 39.4 Å². The third-order valence-corrected chi connectivity index (χ3v) is 8.50. The molecule has 1 N–H and O–H groups in total. The van der Waals surface area contributed by atoms with Crippen LogP contribution in [0.5, 0.6) is 0 Å². The van der Waals surface area contributed by atoms with Crippen molar-refractivity contribution >= 4 is 33.4 Å². The van der Waals surface area contributed by atoms with Gasteiger partial charge in [0.25, 0.3) is 5.91 Å². The standard InChI is InChI=1S/C25H37N3O2S/c1-6-19-13-20-22(31-19)14-21-23(29)28(12-11-16(2)3)25(5,15-27(20)21)24(30)26-18-9-7-17(4)8-10-18/h13-14,16-18H,6-12,15H2,1-5H3,(H,26,30)/t17?,18?,25-/m0/s1. The predicted molar refractivity (Wildman–Crippen MR) is 128 cm³/mol. The second kappa shape index (κ2) is 8.61. The summed E-state index contributed by atoms with van der Waals surface area (Å²) in [5.74, 6) is 1.21. The predicted octanol–water partition coefficient (Wildman–Crippen LogP) is 5.22. The molecule has 1 saturated carbocycles. The summed E-state index contributed by atoms with van der Waals surface area (Å²) < 4.78 is 3.25. The summed E-state index contributed by atoms with van der Waals surface area (Å²) in [6, 6.07) is 4.45. The Labute approximate surface area is 190 Å². The van der Waals surface area contributed by atoms with E-state index in [0.717, 1.165) is 60.4 Å². The van der Waals surface area contributed by atoms with E-state index in [-0.39, 0.29) is 17.9 Å². The van der Waals surface area contributed by atoms with Crippen LogP contribution in [-0.2, 0) is 17.8 Å². The number of aromatic nitrogens is 1. The lowest BCUT2D eigenvalue weighted by Gasteiger charge is -2.45. The fourth-order valence-electron chi connectivity index (χ4n) is 5.05. The molecule has 0 saturated heterocycles. The zero-order valence-electron chi connectivity index (χ0n) is 19.7. The second-order valence-electron chi connectivity index (χ2n) is 10.3. The minimum Gasteiger partial charge on any atom is -0.351 e. The zero-order chi connectivity index (χ0) is 22.3. The molecule has 1 fully saturated rings. The van der Waals surface area contributed by atoms with Crippen LogP contribution in [0.2, 0.25) is 0 Å². The molecule has 0 bridgehead atoms. The van der Waals surface area contributed by atoms with Crippen LogP contribution in [0.4, 0.5) is 0 Å². The van der Waals surface area contributed by atoms with E-state index >= 15 is 0 Å². The molecule has 0 aromatic carbocycles. The van der Waals surface area contributed by atoms with Crippen LogP contribution in [0.1, 0.15) is 82.1 Å². The van der Waals surface area contributed by atoms with Crippen LogP contribution in [0, 0.1) is 11.8 Å². The summed E-state index contributed by atoms with van der Waals surface area (Å²) in [6.07, 6.45) is 6.27. The van der Waals surface area contributed by atoms with Gasteiger partial charge in [-0.25, -0.2) is 0 Å². The monoisotopic (exact) mass is 443 g/mol. The molecule has 0 spiro atoms. The van der Waals surface area contributed by atoms with Crippen LogP contribution in [0.25, 0.3) is 10.2 Å². The number of fused-ring (bicyclic) bond motifs is 3. The van der Waals surface area contributed by atoms with Gasteiger partial charge in [0.2, 0.25) is 5.91 Å². The maximum atomic E-state index is 13.7. The average molecular weight is 444 g/mol. The molecule has 0 radical (unpaired) electrons.